The highest BCUT2D eigenvalue weighted by molar-refractivity contribution is 5.80. The van der Waals surface area contributed by atoms with Crippen LogP contribution >= 0.6 is 0 Å². The normalized spacial score (nSPS) is 17.7. The van der Waals surface area contributed by atoms with E-state index in [9.17, 15) is 9.59 Å². The lowest BCUT2D eigenvalue weighted by molar-refractivity contribution is -0.141. The van der Waals surface area contributed by atoms with Crippen LogP contribution in [0, 0.1) is 0 Å². The Labute approximate surface area is 135 Å². The van der Waals surface area contributed by atoms with E-state index in [0.29, 0.717) is 6.42 Å². The minimum atomic E-state index is -0.319. The van der Waals surface area contributed by atoms with Crippen molar-refractivity contribution in [2.75, 3.05) is 13.7 Å². The van der Waals surface area contributed by atoms with Crippen LogP contribution in [0.2, 0.25) is 0 Å². The van der Waals surface area contributed by atoms with Crippen molar-refractivity contribution in [2.24, 2.45) is 0 Å². The Bertz CT molecular complexity index is 738. The number of carbonyl (C=O) groups excluding carboxylic acids is 2. The van der Waals surface area contributed by atoms with Crippen molar-refractivity contribution >= 4 is 22.9 Å². The number of nitrogens with zero attached hydrogens (tertiary/aromatic N) is 3. The smallest absolute Gasteiger partial charge is 0.325 e. The average Bonchev–Trinajstić information content (AvgIpc) is 3.19. The summed E-state index contributed by atoms with van der Waals surface area (Å²) in [6.45, 7) is 2.73. The van der Waals surface area contributed by atoms with Crippen molar-refractivity contribution in [3.8, 4) is 0 Å². The molecule has 122 valence electrons. The lowest BCUT2D eigenvalue weighted by atomic mass is 10.2. The summed E-state index contributed by atoms with van der Waals surface area (Å²) in [6, 6.07) is 7.64. The molecule has 1 aromatic carbocycles. The predicted octanol–water partition coefficient (Wildman–Crippen LogP) is 2.28. The number of amides is 1. The molecule has 0 N–H and O–H groups in total. The fourth-order valence-corrected chi connectivity index (χ4v) is 3.25. The lowest BCUT2D eigenvalue weighted by Crippen LogP contribution is -2.31. The van der Waals surface area contributed by atoms with Crippen LogP contribution in [0.5, 0.6) is 0 Å². The summed E-state index contributed by atoms with van der Waals surface area (Å²) in [5, 5.41) is 0. The van der Waals surface area contributed by atoms with Gasteiger partial charge in [0.15, 0.2) is 0 Å². The molecule has 0 aliphatic carbocycles. The van der Waals surface area contributed by atoms with Gasteiger partial charge in [-0.3, -0.25) is 9.59 Å². The number of hydrogen-bond acceptors (Lipinski definition) is 4. The lowest BCUT2D eigenvalue weighted by Gasteiger charge is -2.24. The SMILES string of the molecule is CCC(=O)N1CCCC1c1nc2ccccc2n1CC(=O)OC. The number of ether oxygens (including phenoxy) is 1. The Morgan fingerprint density at radius 3 is 2.87 bits per heavy atom. The number of para-hydroxylation sites is 2. The minimum Gasteiger partial charge on any atom is -0.468 e. The molecule has 6 heteroatoms. The summed E-state index contributed by atoms with van der Waals surface area (Å²) in [6.07, 6.45) is 2.31. The maximum Gasteiger partial charge on any atom is 0.325 e. The number of benzene rings is 1. The molecule has 1 fully saturated rings. The highest BCUT2D eigenvalue weighted by atomic mass is 16.5. The zero-order valence-corrected chi connectivity index (χ0v) is 13.5. The number of imidazole rings is 1. The van der Waals surface area contributed by atoms with E-state index in [1.807, 2.05) is 40.7 Å². The average molecular weight is 315 g/mol. The maximum atomic E-state index is 12.2. The van der Waals surface area contributed by atoms with E-state index in [2.05, 4.69) is 0 Å². The van der Waals surface area contributed by atoms with E-state index in [4.69, 9.17) is 9.72 Å². The first-order valence-corrected chi connectivity index (χ1v) is 7.97. The molecule has 0 radical (unpaired) electrons. The van der Waals surface area contributed by atoms with Crippen molar-refractivity contribution in [3.05, 3.63) is 30.1 Å². The summed E-state index contributed by atoms with van der Waals surface area (Å²) in [4.78, 5) is 30.6. The van der Waals surface area contributed by atoms with Gasteiger partial charge in [0.1, 0.15) is 12.4 Å². The molecule has 1 amide bonds. The molecule has 6 nitrogen and oxygen atoms in total. The third-order valence-corrected chi connectivity index (χ3v) is 4.37. The van der Waals surface area contributed by atoms with Gasteiger partial charge in [0, 0.05) is 13.0 Å². The van der Waals surface area contributed by atoms with Crippen LogP contribution in [0.25, 0.3) is 11.0 Å². The molecular weight excluding hydrogens is 294 g/mol. The monoisotopic (exact) mass is 315 g/mol. The zero-order chi connectivity index (χ0) is 16.4. The Balaban J connectivity index is 2.07. The van der Waals surface area contributed by atoms with Crippen molar-refractivity contribution < 1.29 is 14.3 Å². The maximum absolute atomic E-state index is 12.2. The second-order valence-electron chi connectivity index (χ2n) is 5.72. The molecule has 0 saturated carbocycles. The Morgan fingerprint density at radius 1 is 1.35 bits per heavy atom. The Morgan fingerprint density at radius 2 is 2.13 bits per heavy atom. The van der Waals surface area contributed by atoms with Crippen LogP contribution in [0.15, 0.2) is 24.3 Å². The predicted molar refractivity (Wildman–Crippen MR) is 85.7 cm³/mol. The first-order chi connectivity index (χ1) is 11.2. The summed E-state index contributed by atoms with van der Waals surface area (Å²) >= 11 is 0. The van der Waals surface area contributed by atoms with E-state index < -0.39 is 0 Å². The van der Waals surface area contributed by atoms with E-state index in [1.165, 1.54) is 7.11 Å². The molecular formula is C17H21N3O3. The van der Waals surface area contributed by atoms with Gasteiger partial charge in [0.25, 0.3) is 0 Å². The van der Waals surface area contributed by atoms with Crippen LogP contribution in [0.4, 0.5) is 0 Å². The van der Waals surface area contributed by atoms with Gasteiger partial charge in [-0.15, -0.1) is 0 Å². The van der Waals surface area contributed by atoms with E-state index in [-0.39, 0.29) is 24.5 Å². The molecule has 2 aromatic rings. The topological polar surface area (TPSA) is 64.4 Å². The van der Waals surface area contributed by atoms with Crippen molar-refractivity contribution in [1.29, 1.82) is 0 Å². The fourth-order valence-electron chi connectivity index (χ4n) is 3.25. The Hall–Kier alpha value is -2.37. The standard InChI is InChI=1S/C17H21N3O3/c1-3-15(21)19-10-6-9-14(19)17-18-12-7-4-5-8-13(12)20(17)11-16(22)23-2/h4-5,7-8,14H,3,6,9-11H2,1-2H3. The van der Waals surface area contributed by atoms with Crippen molar-refractivity contribution in [1.82, 2.24) is 14.5 Å². The van der Waals surface area contributed by atoms with Crippen molar-refractivity contribution in [2.45, 2.75) is 38.8 Å². The second kappa shape index (κ2) is 6.40. The van der Waals surface area contributed by atoms with Gasteiger partial charge in [-0.2, -0.15) is 0 Å². The number of hydrogen-bond donors (Lipinski definition) is 0. The number of fused-ring (bicyclic) bond motifs is 1. The summed E-state index contributed by atoms with van der Waals surface area (Å²) < 4.78 is 6.70. The summed E-state index contributed by atoms with van der Waals surface area (Å²) in [5.74, 6) is 0.584. The van der Waals surface area contributed by atoms with Gasteiger partial charge in [-0.1, -0.05) is 19.1 Å². The van der Waals surface area contributed by atoms with Gasteiger partial charge >= 0.3 is 5.97 Å². The molecule has 1 atom stereocenters. The highest BCUT2D eigenvalue weighted by Crippen LogP contribution is 2.33. The third-order valence-electron chi connectivity index (χ3n) is 4.37. The van der Waals surface area contributed by atoms with Gasteiger partial charge in [0.05, 0.1) is 24.2 Å². The molecule has 1 saturated heterocycles. The van der Waals surface area contributed by atoms with Crippen LogP contribution < -0.4 is 0 Å². The van der Waals surface area contributed by atoms with Gasteiger partial charge in [-0.05, 0) is 25.0 Å². The van der Waals surface area contributed by atoms with Gasteiger partial charge in [0.2, 0.25) is 5.91 Å². The molecule has 23 heavy (non-hydrogen) atoms. The number of carbonyl (C=O) groups is 2. The number of esters is 1. The third kappa shape index (κ3) is 2.81. The zero-order valence-electron chi connectivity index (χ0n) is 13.5. The van der Waals surface area contributed by atoms with Gasteiger partial charge in [-0.25, -0.2) is 4.98 Å². The minimum absolute atomic E-state index is 0.0699. The van der Waals surface area contributed by atoms with Crippen LogP contribution in [-0.2, 0) is 20.9 Å². The first-order valence-electron chi connectivity index (χ1n) is 7.97. The van der Waals surface area contributed by atoms with E-state index in [1.54, 1.807) is 0 Å². The number of rotatable bonds is 4. The molecule has 1 aliphatic rings. The number of likely N-dealkylation sites (tertiary alicyclic amines) is 1. The molecule has 0 spiro atoms. The van der Waals surface area contributed by atoms with Crippen LogP contribution in [0.3, 0.4) is 0 Å². The number of methoxy groups -OCH3 is 1. The molecule has 1 aliphatic heterocycles. The van der Waals surface area contributed by atoms with Crippen molar-refractivity contribution in [3.63, 3.8) is 0 Å². The highest BCUT2D eigenvalue weighted by Gasteiger charge is 2.33. The Kier molecular flexibility index (Phi) is 4.32. The van der Waals surface area contributed by atoms with E-state index in [0.717, 1.165) is 36.2 Å². The van der Waals surface area contributed by atoms with E-state index >= 15 is 0 Å². The van der Waals surface area contributed by atoms with Gasteiger partial charge < -0.3 is 14.2 Å². The number of aromatic nitrogens is 2. The fraction of sp³-hybridized carbons (Fsp3) is 0.471. The summed E-state index contributed by atoms with van der Waals surface area (Å²) in [5.41, 5.74) is 1.73. The largest absolute Gasteiger partial charge is 0.468 e. The van der Waals surface area contributed by atoms with Crippen LogP contribution in [-0.4, -0.2) is 40.0 Å². The molecule has 0 bridgehead atoms. The molecule has 1 aromatic heterocycles. The first kappa shape index (κ1) is 15.5. The summed E-state index contributed by atoms with van der Waals surface area (Å²) in [7, 11) is 1.38. The molecule has 1 unspecified atom stereocenters. The second-order valence-corrected chi connectivity index (χ2v) is 5.72. The molecule has 2 heterocycles. The quantitative estimate of drug-likeness (QED) is 0.812. The molecule has 3 rings (SSSR count). The van der Waals surface area contributed by atoms with Crippen LogP contribution in [0.1, 0.15) is 38.1 Å².